The molecule has 172 valence electrons. The minimum Gasteiger partial charge on any atom is -0.464 e. The van der Waals surface area contributed by atoms with Crippen molar-refractivity contribution in [1.29, 1.82) is 0 Å². The zero-order valence-corrected chi connectivity index (χ0v) is 19.3. The van der Waals surface area contributed by atoms with Crippen molar-refractivity contribution in [1.82, 2.24) is 5.32 Å². The van der Waals surface area contributed by atoms with E-state index in [-0.39, 0.29) is 29.8 Å². The van der Waals surface area contributed by atoms with E-state index in [1.807, 2.05) is 13.0 Å². The lowest BCUT2D eigenvalue weighted by molar-refractivity contribution is -0.122. The second-order valence-electron chi connectivity index (χ2n) is 9.56. The Bertz CT molecular complexity index is 1380. The van der Waals surface area contributed by atoms with Crippen LogP contribution in [0.2, 0.25) is 0 Å². The molecule has 0 saturated carbocycles. The quantitative estimate of drug-likeness (QED) is 0.571. The van der Waals surface area contributed by atoms with Gasteiger partial charge in [-0.15, -0.1) is 0 Å². The first-order valence-electron chi connectivity index (χ1n) is 10.5. The van der Waals surface area contributed by atoms with E-state index in [1.54, 1.807) is 12.3 Å². The van der Waals surface area contributed by atoms with E-state index in [2.05, 4.69) is 26.1 Å². The van der Waals surface area contributed by atoms with E-state index in [0.29, 0.717) is 16.7 Å². The van der Waals surface area contributed by atoms with E-state index in [9.17, 15) is 23.1 Å². The van der Waals surface area contributed by atoms with Crippen molar-refractivity contribution in [3.8, 4) is 0 Å². The largest absolute Gasteiger partial charge is 0.464 e. The molecule has 9 heteroatoms. The van der Waals surface area contributed by atoms with Crippen LogP contribution in [0.4, 0.5) is 0 Å². The van der Waals surface area contributed by atoms with Crippen LogP contribution in [0.15, 0.2) is 32.0 Å². The van der Waals surface area contributed by atoms with Gasteiger partial charge in [-0.1, -0.05) is 20.8 Å². The summed E-state index contributed by atoms with van der Waals surface area (Å²) >= 11 is 0. The van der Waals surface area contributed by atoms with Gasteiger partial charge in [0.15, 0.2) is 9.84 Å². The maximum Gasteiger partial charge on any atom is 0.339 e. The topological polar surface area (TPSA) is 127 Å². The number of aryl methyl sites for hydroxylation is 1. The zero-order valence-electron chi connectivity index (χ0n) is 18.5. The lowest BCUT2D eigenvalue weighted by atomic mass is 9.86. The minimum absolute atomic E-state index is 0.0262. The molecule has 0 radical (unpaired) electrons. The molecule has 1 aliphatic rings. The molecule has 1 fully saturated rings. The third-order valence-electron chi connectivity index (χ3n) is 6.06. The molecule has 4 rings (SSSR count). The molecule has 1 aromatic carbocycles. The number of benzene rings is 1. The Morgan fingerprint density at radius 3 is 2.53 bits per heavy atom. The highest BCUT2D eigenvalue weighted by atomic mass is 32.2. The van der Waals surface area contributed by atoms with Gasteiger partial charge in [-0.2, -0.15) is 0 Å². The second kappa shape index (κ2) is 7.74. The molecule has 2 N–H and O–H groups in total. The van der Waals surface area contributed by atoms with Crippen molar-refractivity contribution in [3.63, 3.8) is 0 Å². The van der Waals surface area contributed by atoms with E-state index in [4.69, 9.17) is 8.83 Å². The highest BCUT2D eigenvalue weighted by Crippen LogP contribution is 2.35. The Kier molecular flexibility index (Phi) is 5.45. The SMILES string of the molecule is Cc1c(CCC(=O)N[C@@H]2CS(=O)(=O)C[C@H]2O)c(=O)oc2cc3occ(C(C)(C)C)c3cc12. The Labute approximate surface area is 185 Å². The number of sulfone groups is 1. The van der Waals surface area contributed by atoms with Crippen LogP contribution in [0.1, 0.15) is 43.9 Å². The fraction of sp³-hybridized carbons (Fsp3) is 0.478. The van der Waals surface area contributed by atoms with Crippen LogP contribution >= 0.6 is 0 Å². The number of nitrogens with one attached hydrogen (secondary N) is 1. The third kappa shape index (κ3) is 4.19. The monoisotopic (exact) mass is 461 g/mol. The van der Waals surface area contributed by atoms with Crippen LogP contribution in [-0.4, -0.2) is 43.1 Å². The summed E-state index contributed by atoms with van der Waals surface area (Å²) in [5.41, 5.74) is 2.59. The lowest BCUT2D eigenvalue weighted by Gasteiger charge is -2.17. The van der Waals surface area contributed by atoms with Crippen LogP contribution in [0.3, 0.4) is 0 Å². The molecular weight excluding hydrogens is 434 g/mol. The van der Waals surface area contributed by atoms with Gasteiger partial charge in [0.2, 0.25) is 5.91 Å². The molecule has 1 amide bonds. The number of fused-ring (bicyclic) bond motifs is 2. The fourth-order valence-corrected chi connectivity index (χ4v) is 6.01. The number of hydrogen-bond acceptors (Lipinski definition) is 7. The van der Waals surface area contributed by atoms with Gasteiger partial charge in [-0.25, -0.2) is 13.2 Å². The van der Waals surface area contributed by atoms with Crippen LogP contribution in [0, 0.1) is 6.92 Å². The zero-order chi connectivity index (χ0) is 23.4. The average Bonchev–Trinajstić information content (AvgIpc) is 3.19. The standard InChI is InChI=1S/C23H27NO7S/c1-12-13(5-6-21(26)24-17-10-32(28,29)11-18(17)25)22(27)31-20-8-19-15(7-14(12)20)16(9-30-19)23(2,3)4/h7-9,17-18,25H,5-6,10-11H2,1-4H3,(H,24,26)/t17-,18-/m1/s1. The number of aliphatic hydroxyl groups excluding tert-OH is 1. The van der Waals surface area contributed by atoms with Crippen LogP contribution in [0.25, 0.3) is 21.9 Å². The molecule has 0 spiro atoms. The maximum atomic E-state index is 12.6. The summed E-state index contributed by atoms with van der Waals surface area (Å²) in [6.07, 6.45) is 0.716. The predicted octanol–water partition coefficient (Wildman–Crippen LogP) is 2.35. The van der Waals surface area contributed by atoms with Crippen molar-refractivity contribution >= 4 is 37.7 Å². The van der Waals surface area contributed by atoms with Crippen molar-refractivity contribution in [3.05, 3.63) is 45.5 Å². The average molecular weight is 462 g/mol. The number of amides is 1. The Hall–Kier alpha value is -2.65. The summed E-state index contributed by atoms with van der Waals surface area (Å²) in [7, 11) is -3.36. The molecule has 32 heavy (non-hydrogen) atoms. The second-order valence-corrected chi connectivity index (χ2v) is 11.7. The molecule has 0 unspecified atom stereocenters. The van der Waals surface area contributed by atoms with E-state index in [1.165, 1.54) is 0 Å². The molecule has 0 aliphatic carbocycles. The summed E-state index contributed by atoms with van der Waals surface area (Å²) in [4.78, 5) is 24.9. The van der Waals surface area contributed by atoms with Crippen molar-refractivity contribution in [2.45, 2.75) is 58.1 Å². The number of carbonyl (C=O) groups excluding carboxylic acids is 1. The highest BCUT2D eigenvalue weighted by Gasteiger charge is 2.37. The molecule has 0 bridgehead atoms. The van der Waals surface area contributed by atoms with Gasteiger partial charge in [-0.3, -0.25) is 4.79 Å². The van der Waals surface area contributed by atoms with E-state index in [0.717, 1.165) is 21.9 Å². The molecular formula is C23H27NO7S. The summed E-state index contributed by atoms with van der Waals surface area (Å²) < 4.78 is 34.4. The summed E-state index contributed by atoms with van der Waals surface area (Å²) in [6, 6.07) is 2.84. The van der Waals surface area contributed by atoms with Gasteiger partial charge in [-0.05, 0) is 30.4 Å². The molecule has 2 aromatic heterocycles. The van der Waals surface area contributed by atoms with Crippen LogP contribution in [-0.2, 0) is 26.5 Å². The normalized spacial score (nSPS) is 20.8. The molecule has 8 nitrogen and oxygen atoms in total. The Morgan fingerprint density at radius 2 is 1.91 bits per heavy atom. The summed E-state index contributed by atoms with van der Waals surface area (Å²) in [5, 5.41) is 14.1. The van der Waals surface area contributed by atoms with Crippen LogP contribution in [0.5, 0.6) is 0 Å². The minimum atomic E-state index is -3.36. The number of hydrogen-bond donors (Lipinski definition) is 2. The summed E-state index contributed by atoms with van der Waals surface area (Å²) in [6.45, 7) is 8.10. The smallest absolute Gasteiger partial charge is 0.339 e. The van der Waals surface area contributed by atoms with Gasteiger partial charge in [0.1, 0.15) is 11.2 Å². The van der Waals surface area contributed by atoms with E-state index < -0.39 is 33.5 Å². The molecule has 2 atom stereocenters. The van der Waals surface area contributed by atoms with Crippen molar-refractivity contribution in [2.24, 2.45) is 0 Å². The fourth-order valence-electron chi connectivity index (χ4n) is 4.26. The Balaban J connectivity index is 1.60. The highest BCUT2D eigenvalue weighted by molar-refractivity contribution is 7.91. The number of furan rings is 1. The number of aliphatic hydroxyl groups is 1. The number of rotatable bonds is 4. The predicted molar refractivity (Wildman–Crippen MR) is 121 cm³/mol. The van der Waals surface area contributed by atoms with Gasteiger partial charge in [0.05, 0.1) is 29.9 Å². The Morgan fingerprint density at radius 1 is 1.19 bits per heavy atom. The van der Waals surface area contributed by atoms with Gasteiger partial charge in [0.25, 0.3) is 0 Å². The van der Waals surface area contributed by atoms with Gasteiger partial charge < -0.3 is 19.3 Å². The molecule has 3 heterocycles. The molecule has 1 aliphatic heterocycles. The van der Waals surface area contributed by atoms with E-state index >= 15 is 0 Å². The first kappa shape index (κ1) is 22.5. The van der Waals surface area contributed by atoms with Gasteiger partial charge in [0, 0.05) is 34.4 Å². The van der Waals surface area contributed by atoms with Crippen molar-refractivity contribution < 1.29 is 27.2 Å². The first-order chi connectivity index (χ1) is 14.9. The summed E-state index contributed by atoms with van der Waals surface area (Å²) in [5.74, 6) is -1.07. The molecule has 1 saturated heterocycles. The lowest BCUT2D eigenvalue weighted by Crippen LogP contribution is -2.42. The van der Waals surface area contributed by atoms with Gasteiger partial charge >= 0.3 is 5.63 Å². The first-order valence-corrected chi connectivity index (χ1v) is 12.3. The molecule has 3 aromatic rings. The maximum absolute atomic E-state index is 12.6. The van der Waals surface area contributed by atoms with Crippen molar-refractivity contribution in [2.75, 3.05) is 11.5 Å². The number of carbonyl (C=O) groups is 1. The van der Waals surface area contributed by atoms with Crippen LogP contribution < -0.4 is 10.9 Å². The third-order valence-corrected chi connectivity index (χ3v) is 7.78.